The Labute approximate surface area is 147 Å². The molecule has 1 N–H and O–H groups in total. The van der Waals surface area contributed by atoms with Gasteiger partial charge in [-0.2, -0.15) is 5.26 Å². The molecule has 1 aliphatic heterocycles. The average Bonchev–Trinajstić information content (AvgIpc) is 3.27. The fourth-order valence-corrected chi connectivity index (χ4v) is 3.11. The summed E-state index contributed by atoms with van der Waals surface area (Å²) in [6, 6.07) is 3.87. The maximum absolute atomic E-state index is 8.57. The Morgan fingerprint density at radius 2 is 2.20 bits per heavy atom. The number of rotatable bonds is 6. The largest absolute Gasteiger partial charge is 0.491 e. The Morgan fingerprint density at radius 3 is 2.92 bits per heavy atom. The predicted octanol–water partition coefficient (Wildman–Crippen LogP) is 2.79. The van der Waals surface area contributed by atoms with Crippen LogP contribution in [0.2, 0.25) is 0 Å². The number of pyridine rings is 1. The van der Waals surface area contributed by atoms with Crippen molar-refractivity contribution in [1.82, 2.24) is 15.6 Å². The molecule has 0 saturated heterocycles. The number of nitrogens with one attached hydrogen (secondary N) is 1. The quantitative estimate of drug-likeness (QED) is 0.804. The van der Waals surface area contributed by atoms with Crippen molar-refractivity contribution in [1.29, 1.82) is 5.26 Å². The molecule has 2 aliphatic rings. The minimum atomic E-state index is 0.159. The zero-order valence-electron chi connectivity index (χ0n) is 14.5. The van der Waals surface area contributed by atoms with Crippen molar-refractivity contribution in [3.63, 3.8) is 0 Å². The topological polar surface area (TPSA) is 93.6 Å². The van der Waals surface area contributed by atoms with Crippen LogP contribution < -0.4 is 20.1 Å². The molecule has 131 valence electrons. The van der Waals surface area contributed by atoms with Crippen LogP contribution in [-0.4, -0.2) is 24.2 Å². The second-order valence-corrected chi connectivity index (χ2v) is 6.32. The molecule has 1 aliphatic carbocycles. The summed E-state index contributed by atoms with van der Waals surface area (Å²) in [7, 11) is 1.63. The second kappa shape index (κ2) is 7.88. The van der Waals surface area contributed by atoms with Crippen LogP contribution in [0.4, 0.5) is 0 Å². The number of nitrogens with zero attached hydrogens (tertiary/aromatic N) is 4. The van der Waals surface area contributed by atoms with Crippen molar-refractivity contribution < 1.29 is 9.47 Å². The van der Waals surface area contributed by atoms with Crippen molar-refractivity contribution in [3.05, 3.63) is 29.7 Å². The normalized spacial score (nSPS) is 19.7. The van der Waals surface area contributed by atoms with Crippen LogP contribution in [0.3, 0.4) is 0 Å². The molecular weight excluding hydrogens is 318 g/mol. The van der Waals surface area contributed by atoms with Crippen molar-refractivity contribution in [2.45, 2.75) is 51.0 Å². The van der Waals surface area contributed by atoms with Crippen molar-refractivity contribution in [2.75, 3.05) is 7.11 Å². The lowest BCUT2D eigenvalue weighted by Gasteiger charge is -2.18. The monoisotopic (exact) mass is 340 g/mol. The molecule has 0 spiro atoms. The summed E-state index contributed by atoms with van der Waals surface area (Å²) in [6.45, 7) is 2.09. The molecule has 1 atom stereocenters. The number of aromatic nitrogens is 1. The third-order valence-corrected chi connectivity index (χ3v) is 4.45. The standard InChI is InChI=1S/C18H22N5O2/c1-12(9-13-10-20-18(22-13)21-11-19)15-7-8-16(24-2)17(23-15)25-14-5-3-4-6-14/h7-8,10,12,14H,3-6,9H2,1-2H3,(H,21,22). The summed E-state index contributed by atoms with van der Waals surface area (Å²) in [6.07, 6.45) is 8.94. The van der Waals surface area contributed by atoms with E-state index < -0.39 is 0 Å². The van der Waals surface area contributed by atoms with E-state index in [1.165, 1.54) is 12.8 Å². The zero-order chi connectivity index (χ0) is 17.6. The summed E-state index contributed by atoms with van der Waals surface area (Å²) in [4.78, 5) is 8.28. The van der Waals surface area contributed by atoms with Crippen LogP contribution >= 0.6 is 0 Å². The average molecular weight is 340 g/mol. The van der Waals surface area contributed by atoms with Crippen molar-refractivity contribution in [3.8, 4) is 17.8 Å². The van der Waals surface area contributed by atoms with E-state index in [0.717, 1.165) is 30.7 Å². The van der Waals surface area contributed by atoms with Gasteiger partial charge in [0.25, 0.3) is 5.88 Å². The first-order valence-electron chi connectivity index (χ1n) is 8.55. The predicted molar refractivity (Wildman–Crippen MR) is 93.1 cm³/mol. The van der Waals surface area contributed by atoms with Crippen LogP contribution in [0.25, 0.3) is 0 Å². The Morgan fingerprint density at radius 1 is 1.40 bits per heavy atom. The van der Waals surface area contributed by atoms with Gasteiger partial charge in [-0.05, 0) is 44.2 Å². The van der Waals surface area contributed by atoms with E-state index in [2.05, 4.69) is 27.5 Å². The van der Waals surface area contributed by atoms with Crippen molar-refractivity contribution >= 4 is 5.96 Å². The molecule has 1 aromatic rings. The summed E-state index contributed by atoms with van der Waals surface area (Å²) in [5.74, 6) is 1.73. The highest BCUT2D eigenvalue weighted by Crippen LogP contribution is 2.32. The summed E-state index contributed by atoms with van der Waals surface area (Å²) < 4.78 is 11.5. The number of hydrogen-bond acceptors (Lipinski definition) is 5. The molecular formula is C18H22N5O2. The SMILES string of the molecule is COc1ccc(C(C)CC2=C[N]C(=NC#N)N2)nc1OC1CCCC1. The highest BCUT2D eigenvalue weighted by molar-refractivity contribution is 5.85. The van der Waals surface area contributed by atoms with E-state index >= 15 is 0 Å². The number of aliphatic imine (C=N–C) groups is 1. The number of ether oxygens (including phenoxy) is 2. The molecule has 1 unspecified atom stereocenters. The minimum Gasteiger partial charge on any atom is -0.491 e. The molecule has 0 aromatic carbocycles. The first-order valence-corrected chi connectivity index (χ1v) is 8.55. The van der Waals surface area contributed by atoms with E-state index in [1.54, 1.807) is 19.5 Å². The summed E-state index contributed by atoms with van der Waals surface area (Å²) in [5, 5.41) is 15.7. The molecule has 1 saturated carbocycles. The van der Waals surface area contributed by atoms with Gasteiger partial charge in [-0.25, -0.2) is 10.3 Å². The van der Waals surface area contributed by atoms with Gasteiger partial charge in [-0.1, -0.05) is 6.92 Å². The molecule has 1 fully saturated rings. The Balaban J connectivity index is 1.69. The Hall–Kier alpha value is -2.75. The summed E-state index contributed by atoms with van der Waals surface area (Å²) in [5.41, 5.74) is 1.85. The number of guanidine groups is 1. The van der Waals surface area contributed by atoms with Crippen LogP contribution in [-0.2, 0) is 0 Å². The molecule has 7 heteroatoms. The van der Waals surface area contributed by atoms with E-state index in [1.807, 2.05) is 12.1 Å². The number of methoxy groups -OCH3 is 1. The van der Waals surface area contributed by atoms with Crippen molar-refractivity contribution in [2.24, 2.45) is 4.99 Å². The molecule has 3 rings (SSSR count). The maximum atomic E-state index is 8.57. The minimum absolute atomic E-state index is 0.159. The first kappa shape index (κ1) is 17.1. The molecule has 0 bridgehead atoms. The fraction of sp³-hybridized carbons (Fsp3) is 0.500. The van der Waals surface area contributed by atoms with Crippen LogP contribution in [0.1, 0.15) is 50.6 Å². The van der Waals surface area contributed by atoms with E-state index in [9.17, 15) is 0 Å². The zero-order valence-corrected chi connectivity index (χ0v) is 14.5. The highest BCUT2D eigenvalue weighted by Gasteiger charge is 2.21. The third-order valence-electron chi connectivity index (χ3n) is 4.45. The number of allylic oxidation sites excluding steroid dienone is 1. The lowest BCUT2D eigenvalue weighted by Crippen LogP contribution is -2.21. The van der Waals surface area contributed by atoms with Gasteiger partial charge < -0.3 is 14.8 Å². The summed E-state index contributed by atoms with van der Waals surface area (Å²) >= 11 is 0. The van der Waals surface area contributed by atoms with Gasteiger partial charge in [0, 0.05) is 17.3 Å². The lowest BCUT2D eigenvalue weighted by atomic mass is 10.0. The maximum Gasteiger partial charge on any atom is 0.257 e. The second-order valence-electron chi connectivity index (χ2n) is 6.32. The van der Waals surface area contributed by atoms with Crippen LogP contribution in [0.5, 0.6) is 11.6 Å². The van der Waals surface area contributed by atoms with Crippen LogP contribution in [0, 0.1) is 11.5 Å². The number of hydrogen-bond donors (Lipinski definition) is 1. The van der Waals surface area contributed by atoms with E-state index in [0.29, 0.717) is 17.6 Å². The molecule has 7 nitrogen and oxygen atoms in total. The molecule has 25 heavy (non-hydrogen) atoms. The van der Waals surface area contributed by atoms with Crippen LogP contribution in [0.15, 0.2) is 29.0 Å². The van der Waals surface area contributed by atoms with Gasteiger partial charge in [0.1, 0.15) is 6.10 Å². The molecule has 1 aromatic heterocycles. The van der Waals surface area contributed by atoms with E-state index in [-0.39, 0.29) is 12.0 Å². The molecule has 0 amide bonds. The van der Waals surface area contributed by atoms with Gasteiger partial charge in [0.2, 0.25) is 12.2 Å². The smallest absolute Gasteiger partial charge is 0.257 e. The molecule has 2 heterocycles. The van der Waals surface area contributed by atoms with Gasteiger partial charge in [-0.15, -0.1) is 4.99 Å². The van der Waals surface area contributed by atoms with Gasteiger partial charge in [-0.3, -0.25) is 0 Å². The Kier molecular flexibility index (Phi) is 5.39. The van der Waals surface area contributed by atoms with Gasteiger partial charge in [0.15, 0.2) is 5.75 Å². The van der Waals surface area contributed by atoms with Gasteiger partial charge >= 0.3 is 0 Å². The third kappa shape index (κ3) is 4.21. The Bertz CT molecular complexity index is 717. The van der Waals surface area contributed by atoms with E-state index in [4.69, 9.17) is 14.7 Å². The first-order chi connectivity index (χ1) is 12.2. The highest BCUT2D eigenvalue weighted by atomic mass is 16.5. The van der Waals surface area contributed by atoms with Gasteiger partial charge in [0.05, 0.1) is 13.3 Å². The lowest BCUT2D eigenvalue weighted by molar-refractivity contribution is 0.191. The molecule has 1 radical (unpaired) electrons. The number of nitriles is 1. The fourth-order valence-electron chi connectivity index (χ4n) is 3.11.